The van der Waals surface area contributed by atoms with Crippen LogP contribution >= 0.6 is 28.6 Å². The molecule has 1 unspecified atom stereocenters. The highest BCUT2D eigenvalue weighted by Crippen LogP contribution is 2.35. The number of aryl methyl sites for hydroxylation is 1. The summed E-state index contributed by atoms with van der Waals surface area (Å²) >= 11 is 7.62. The lowest BCUT2D eigenvalue weighted by Crippen LogP contribution is -2.25. The van der Waals surface area contributed by atoms with Crippen LogP contribution in [-0.4, -0.2) is 22.6 Å². The molecule has 1 fully saturated rings. The molecule has 2 rings (SSSR count). The molecule has 0 N–H and O–H groups in total. The summed E-state index contributed by atoms with van der Waals surface area (Å²) in [6.07, 6.45) is 0.358. The summed E-state index contributed by atoms with van der Waals surface area (Å²) in [7, 11) is 0. The molecule has 1 aromatic carbocycles. The zero-order valence-electron chi connectivity index (χ0n) is 9.59. The van der Waals surface area contributed by atoms with Crippen LogP contribution in [0.3, 0.4) is 0 Å². The summed E-state index contributed by atoms with van der Waals surface area (Å²) < 4.78 is 0.682. The van der Waals surface area contributed by atoms with Crippen LogP contribution in [0.25, 0.3) is 0 Å². The van der Waals surface area contributed by atoms with Gasteiger partial charge >= 0.3 is 0 Å². The first-order valence-corrected chi connectivity index (χ1v) is 6.64. The van der Waals surface area contributed by atoms with Gasteiger partial charge in [0.1, 0.15) is 0 Å². The first-order chi connectivity index (χ1) is 8.40. The molecular formula is C11H11BrN2O3S. The molecule has 0 bridgehead atoms. The Morgan fingerprint density at radius 3 is 2.72 bits per heavy atom. The summed E-state index contributed by atoms with van der Waals surface area (Å²) in [5.41, 5.74) is 1.11. The predicted molar refractivity (Wildman–Crippen MR) is 75.3 cm³/mol. The van der Waals surface area contributed by atoms with E-state index in [0.29, 0.717) is 28.7 Å². The molecule has 0 radical (unpaired) electrons. The van der Waals surface area contributed by atoms with Gasteiger partial charge in [-0.15, -0.1) is 0 Å². The van der Waals surface area contributed by atoms with Gasteiger partial charge in [-0.1, -0.05) is 0 Å². The first kappa shape index (κ1) is 13.4. The van der Waals surface area contributed by atoms with Gasteiger partial charge in [0.15, 0.2) is 0 Å². The summed E-state index contributed by atoms with van der Waals surface area (Å²) in [5, 5.41) is 10.9. The highest BCUT2D eigenvalue weighted by Gasteiger charge is 2.30. The number of halogens is 1. The number of nitrogens with zero attached hydrogens (tertiary/aromatic N) is 2. The van der Waals surface area contributed by atoms with E-state index in [2.05, 4.69) is 28.6 Å². The zero-order chi connectivity index (χ0) is 13.4. The lowest BCUT2D eigenvalue weighted by molar-refractivity contribution is -0.385. The van der Waals surface area contributed by atoms with E-state index in [0.717, 1.165) is 0 Å². The molecule has 0 saturated carbocycles. The lowest BCUT2D eigenvalue weighted by Gasteiger charge is -2.18. The van der Waals surface area contributed by atoms with E-state index in [1.54, 1.807) is 13.0 Å². The van der Waals surface area contributed by atoms with Crippen molar-refractivity contribution >= 4 is 45.8 Å². The number of carbonyl (C=O) groups is 1. The van der Waals surface area contributed by atoms with Gasteiger partial charge in [-0.05, 0) is 28.9 Å². The maximum atomic E-state index is 11.8. The van der Waals surface area contributed by atoms with Gasteiger partial charge in [0.2, 0.25) is 5.91 Å². The van der Waals surface area contributed by atoms with Crippen LogP contribution in [-0.2, 0) is 4.79 Å². The third kappa shape index (κ3) is 2.37. The Bertz CT molecular complexity index is 535. The number of nitro benzene ring substituents is 1. The van der Waals surface area contributed by atoms with Crippen molar-refractivity contribution < 1.29 is 9.72 Å². The average Bonchev–Trinajstić information content (AvgIpc) is 2.57. The molecule has 0 aromatic heterocycles. The van der Waals surface area contributed by atoms with Crippen molar-refractivity contribution in [2.24, 2.45) is 0 Å². The van der Waals surface area contributed by atoms with E-state index in [4.69, 9.17) is 0 Å². The molecule has 7 heteroatoms. The fourth-order valence-electron chi connectivity index (χ4n) is 1.98. The van der Waals surface area contributed by atoms with Crippen LogP contribution in [0.15, 0.2) is 16.6 Å². The normalized spacial score (nSPS) is 19.4. The summed E-state index contributed by atoms with van der Waals surface area (Å²) in [6, 6.07) is 3.09. The molecule has 1 amide bonds. The van der Waals surface area contributed by atoms with E-state index >= 15 is 0 Å². The third-order valence-corrected chi connectivity index (χ3v) is 3.84. The largest absolute Gasteiger partial charge is 0.310 e. The monoisotopic (exact) mass is 330 g/mol. The van der Waals surface area contributed by atoms with E-state index in [-0.39, 0.29) is 16.8 Å². The minimum Gasteiger partial charge on any atom is -0.310 e. The van der Waals surface area contributed by atoms with Gasteiger partial charge < -0.3 is 4.90 Å². The van der Waals surface area contributed by atoms with Crippen molar-refractivity contribution in [3.63, 3.8) is 0 Å². The standard InChI is InChI=1S/C11H11BrN2O3S/c1-6-2-8(12)10(4-9(6)14(16)17)13-5-7(18)3-11(13)15/h2,4,7,18H,3,5H2,1H3. The number of anilines is 1. The average molecular weight is 331 g/mol. The summed E-state index contributed by atoms with van der Waals surface area (Å²) in [5.74, 6) is -0.0612. The van der Waals surface area contributed by atoms with Crippen molar-refractivity contribution in [1.82, 2.24) is 0 Å². The highest BCUT2D eigenvalue weighted by atomic mass is 79.9. The van der Waals surface area contributed by atoms with Crippen LogP contribution in [0.2, 0.25) is 0 Å². The molecule has 1 aliphatic heterocycles. The molecule has 5 nitrogen and oxygen atoms in total. The minimum atomic E-state index is -0.440. The second-order valence-electron chi connectivity index (χ2n) is 4.21. The van der Waals surface area contributed by atoms with Crippen LogP contribution < -0.4 is 4.90 Å². The molecule has 1 aromatic rings. The zero-order valence-corrected chi connectivity index (χ0v) is 12.1. The Labute approximate surface area is 118 Å². The van der Waals surface area contributed by atoms with Crippen molar-refractivity contribution in [2.75, 3.05) is 11.4 Å². The van der Waals surface area contributed by atoms with Crippen molar-refractivity contribution in [3.05, 3.63) is 32.3 Å². The van der Waals surface area contributed by atoms with Gasteiger partial charge in [0.25, 0.3) is 5.69 Å². The number of nitro groups is 1. The maximum Gasteiger partial charge on any atom is 0.274 e. The molecule has 1 aliphatic rings. The summed E-state index contributed by atoms with van der Waals surface area (Å²) in [6.45, 7) is 2.14. The lowest BCUT2D eigenvalue weighted by atomic mass is 10.1. The molecule has 1 saturated heterocycles. The number of rotatable bonds is 2. The van der Waals surface area contributed by atoms with Crippen molar-refractivity contribution in [2.45, 2.75) is 18.6 Å². The van der Waals surface area contributed by atoms with Gasteiger partial charge in [-0.2, -0.15) is 12.6 Å². The number of hydrogen-bond acceptors (Lipinski definition) is 4. The van der Waals surface area contributed by atoms with Gasteiger partial charge in [0, 0.05) is 34.3 Å². The molecule has 0 aliphatic carbocycles. The maximum absolute atomic E-state index is 11.8. The first-order valence-electron chi connectivity index (χ1n) is 5.33. The minimum absolute atomic E-state index is 0.0172. The van der Waals surface area contributed by atoms with Gasteiger partial charge in [-0.25, -0.2) is 0 Å². The molecule has 18 heavy (non-hydrogen) atoms. The number of benzene rings is 1. The molecular weight excluding hydrogens is 320 g/mol. The SMILES string of the molecule is Cc1cc(Br)c(N2CC(S)CC2=O)cc1[N+](=O)[O-]. The third-order valence-electron chi connectivity index (χ3n) is 2.86. The van der Waals surface area contributed by atoms with Gasteiger partial charge in [-0.3, -0.25) is 14.9 Å². The van der Waals surface area contributed by atoms with Crippen LogP contribution in [0.5, 0.6) is 0 Å². The van der Waals surface area contributed by atoms with E-state index in [1.165, 1.54) is 11.0 Å². The Hall–Kier alpha value is -1.08. The van der Waals surface area contributed by atoms with Crippen LogP contribution in [0.1, 0.15) is 12.0 Å². The van der Waals surface area contributed by atoms with E-state index in [1.807, 2.05) is 0 Å². The molecule has 1 heterocycles. The molecule has 1 atom stereocenters. The number of thiol groups is 1. The highest BCUT2D eigenvalue weighted by molar-refractivity contribution is 9.10. The second kappa shape index (κ2) is 4.89. The number of carbonyl (C=O) groups excluding carboxylic acids is 1. The van der Waals surface area contributed by atoms with Crippen LogP contribution in [0.4, 0.5) is 11.4 Å². The fraction of sp³-hybridized carbons (Fsp3) is 0.364. The topological polar surface area (TPSA) is 63.5 Å². The van der Waals surface area contributed by atoms with Crippen molar-refractivity contribution in [1.29, 1.82) is 0 Å². The summed E-state index contributed by atoms with van der Waals surface area (Å²) in [4.78, 5) is 23.8. The predicted octanol–water partition coefficient (Wildman–Crippen LogP) is 2.70. The van der Waals surface area contributed by atoms with Gasteiger partial charge in [0.05, 0.1) is 10.6 Å². The Morgan fingerprint density at radius 1 is 1.56 bits per heavy atom. The van der Waals surface area contributed by atoms with Crippen LogP contribution in [0, 0.1) is 17.0 Å². The second-order valence-corrected chi connectivity index (χ2v) is 5.79. The Balaban J connectivity index is 2.48. The smallest absolute Gasteiger partial charge is 0.274 e. The molecule has 0 spiro atoms. The fourth-order valence-corrected chi connectivity index (χ4v) is 2.97. The molecule has 96 valence electrons. The van der Waals surface area contributed by atoms with E-state index in [9.17, 15) is 14.9 Å². The Morgan fingerprint density at radius 2 is 2.22 bits per heavy atom. The van der Waals surface area contributed by atoms with E-state index < -0.39 is 4.92 Å². The number of amides is 1. The van der Waals surface area contributed by atoms with Crippen molar-refractivity contribution in [3.8, 4) is 0 Å². The number of hydrogen-bond donors (Lipinski definition) is 1. The quantitative estimate of drug-likeness (QED) is 0.515. The Kier molecular flexibility index (Phi) is 3.63.